The summed E-state index contributed by atoms with van der Waals surface area (Å²) in [6.07, 6.45) is 2.38. The van der Waals surface area contributed by atoms with Crippen molar-refractivity contribution in [1.29, 1.82) is 0 Å². The first-order chi connectivity index (χ1) is 37.9. The number of carboxylic acids is 1. The third-order valence-corrected chi connectivity index (χ3v) is 13.8. The lowest BCUT2D eigenvalue weighted by Crippen LogP contribution is -2.60. The Balaban J connectivity index is 1.12. The summed E-state index contributed by atoms with van der Waals surface area (Å²) in [5.41, 5.74) is 9.76. The number of nitrogens with two attached hydrogens (primary N) is 1. The standard InChI is InChI=1S/C59H76N10O11/c1-37(55(76)77)30-32-68(8)54(75)51(58(2,3)4)67-53(74)50(61-7)59(5,6)42-18-13-19-44(33-42)65-57(79)80-36-38-22-26-43(27-23-38)64-52(73)45(20-14-31-62-56(60)78)66-48(71)34-63-47(70)28-29-49(72)69-35-41-17-10-9-15-39(41)24-25-40-16-11-12-21-46(40)69/h9-13,15-19,21-23,26-27,30,33,45,50-51,61H,14,20,24-25,28-29,31-32,34-36H2,1-8H3,(H,63,70)(H,64,73)(H,65,79)(H,66,71)(H,67,74)(H,76,77)(H3,60,62,78)/b37-30+. The molecule has 0 radical (unpaired) electrons. The number of fused-ring (bicyclic) bond motifs is 2. The number of primary amides is 1. The summed E-state index contributed by atoms with van der Waals surface area (Å²) in [5, 5.41) is 28.4. The van der Waals surface area contributed by atoms with E-state index in [1.807, 2.05) is 83.1 Å². The van der Waals surface area contributed by atoms with Crippen molar-refractivity contribution in [3.8, 4) is 0 Å². The van der Waals surface area contributed by atoms with Gasteiger partial charge >= 0.3 is 18.1 Å². The Labute approximate surface area is 467 Å². The van der Waals surface area contributed by atoms with Gasteiger partial charge in [-0.15, -0.1) is 0 Å². The van der Waals surface area contributed by atoms with Crippen LogP contribution in [0.5, 0.6) is 0 Å². The Morgan fingerprint density at radius 1 is 0.750 bits per heavy atom. The first-order valence-electron chi connectivity index (χ1n) is 26.5. The number of benzene rings is 4. The fourth-order valence-corrected chi connectivity index (χ4v) is 9.09. The monoisotopic (exact) mass is 1100 g/mol. The van der Waals surface area contributed by atoms with Gasteiger partial charge in [-0.05, 0) is 103 Å². The smallest absolute Gasteiger partial charge is 0.411 e. The number of carbonyl (C=O) groups excluding carboxylic acids is 8. The molecule has 80 heavy (non-hydrogen) atoms. The van der Waals surface area contributed by atoms with Crippen LogP contribution in [0.1, 0.15) is 95.0 Å². The predicted octanol–water partition coefficient (Wildman–Crippen LogP) is 5.42. The molecule has 4 aromatic rings. The van der Waals surface area contributed by atoms with Gasteiger partial charge in [-0.25, -0.2) is 14.4 Å². The van der Waals surface area contributed by atoms with Gasteiger partial charge in [0.15, 0.2) is 0 Å². The highest BCUT2D eigenvalue weighted by Crippen LogP contribution is 2.32. The zero-order chi connectivity index (χ0) is 58.7. The molecule has 21 nitrogen and oxygen atoms in total. The number of hydrogen-bond acceptors (Lipinski definition) is 11. The molecular formula is C59H76N10O11. The van der Waals surface area contributed by atoms with E-state index in [0.717, 1.165) is 35.2 Å². The molecule has 5 rings (SSSR count). The molecule has 0 aliphatic carbocycles. The normalized spacial score (nSPS) is 13.5. The van der Waals surface area contributed by atoms with E-state index in [9.17, 15) is 48.3 Å². The van der Waals surface area contributed by atoms with Crippen molar-refractivity contribution in [1.82, 2.24) is 31.5 Å². The maximum absolute atomic E-state index is 14.0. The molecule has 0 saturated heterocycles. The number of aliphatic carboxylic acids is 1. The second kappa shape index (κ2) is 28.9. The largest absolute Gasteiger partial charge is 0.478 e. The molecule has 21 heteroatoms. The van der Waals surface area contributed by atoms with E-state index in [1.54, 1.807) is 61.5 Å². The third kappa shape index (κ3) is 18.3. The fourth-order valence-electron chi connectivity index (χ4n) is 9.09. The third-order valence-electron chi connectivity index (χ3n) is 13.8. The van der Waals surface area contributed by atoms with Crippen molar-refractivity contribution in [2.75, 3.05) is 49.3 Å². The number of nitrogens with one attached hydrogen (secondary N) is 7. The molecule has 0 spiro atoms. The highest BCUT2D eigenvalue weighted by atomic mass is 16.5. The molecule has 3 atom stereocenters. The Kier molecular flexibility index (Phi) is 22.5. The number of nitrogens with zero attached hydrogens (tertiary/aromatic N) is 2. The number of carbonyl (C=O) groups is 9. The van der Waals surface area contributed by atoms with E-state index in [2.05, 4.69) is 43.3 Å². The Hall–Kier alpha value is -8.59. The molecule has 0 aromatic heterocycles. The SMILES string of the molecule is CNC(C(=O)NC(C(=O)N(C)C/C=C(\C)C(=O)O)C(C)(C)C)C(C)(C)c1cccc(NC(=O)OCc2ccc(NC(=O)C(CCCNC(N)=O)NC(=O)CNC(=O)CCC(=O)N3Cc4ccccc4CCc4ccccc43)cc2)c1. The number of hydrogen-bond donors (Lipinski definition) is 9. The van der Waals surface area contributed by atoms with Gasteiger partial charge in [0.05, 0.1) is 19.1 Å². The second-order valence-electron chi connectivity index (χ2n) is 21.3. The maximum atomic E-state index is 14.0. The van der Waals surface area contributed by atoms with E-state index in [-0.39, 0.29) is 62.8 Å². The average Bonchev–Trinajstić information content (AvgIpc) is 3.41. The molecule has 0 saturated carbocycles. The van der Waals surface area contributed by atoms with Crippen molar-refractivity contribution in [3.05, 3.63) is 137 Å². The summed E-state index contributed by atoms with van der Waals surface area (Å²) in [6, 6.07) is 25.5. The fraction of sp³-hybridized carbons (Fsp3) is 0.407. The predicted molar refractivity (Wildman–Crippen MR) is 304 cm³/mol. The van der Waals surface area contributed by atoms with E-state index in [4.69, 9.17) is 10.5 Å². The molecule has 0 bridgehead atoms. The lowest BCUT2D eigenvalue weighted by atomic mass is 9.76. The molecule has 428 valence electrons. The minimum absolute atomic E-state index is 0.0362. The number of ether oxygens (including phenoxy) is 1. The first-order valence-corrected chi connectivity index (χ1v) is 26.5. The van der Waals surface area contributed by atoms with Crippen LogP contribution in [0.4, 0.5) is 26.7 Å². The van der Waals surface area contributed by atoms with Crippen molar-refractivity contribution in [2.24, 2.45) is 11.1 Å². The number of rotatable bonds is 24. The van der Waals surface area contributed by atoms with Crippen LogP contribution < -0.4 is 47.9 Å². The van der Waals surface area contributed by atoms with Crippen LogP contribution in [0.25, 0.3) is 0 Å². The van der Waals surface area contributed by atoms with Crippen molar-refractivity contribution >= 4 is 70.6 Å². The lowest BCUT2D eigenvalue weighted by molar-refractivity contribution is -0.139. The minimum atomic E-state index is -1.09. The van der Waals surface area contributed by atoms with Crippen molar-refractivity contribution in [2.45, 2.75) is 117 Å². The van der Waals surface area contributed by atoms with E-state index in [1.165, 1.54) is 17.9 Å². The Bertz CT molecular complexity index is 2920. The summed E-state index contributed by atoms with van der Waals surface area (Å²) < 4.78 is 5.51. The van der Waals surface area contributed by atoms with Gasteiger partial charge in [0.1, 0.15) is 18.7 Å². The van der Waals surface area contributed by atoms with Gasteiger partial charge in [-0.3, -0.25) is 34.1 Å². The minimum Gasteiger partial charge on any atom is -0.478 e. The number of carboxylic acid groups (broad SMARTS) is 1. The molecule has 0 fully saturated rings. The van der Waals surface area contributed by atoms with Crippen molar-refractivity contribution in [3.63, 3.8) is 0 Å². The highest BCUT2D eigenvalue weighted by molar-refractivity contribution is 5.99. The van der Waals surface area contributed by atoms with Gasteiger partial charge in [0.2, 0.25) is 35.4 Å². The molecule has 4 aromatic carbocycles. The van der Waals surface area contributed by atoms with Gasteiger partial charge < -0.3 is 57.3 Å². The number of urea groups is 1. The van der Waals surface area contributed by atoms with Crippen LogP contribution >= 0.6 is 0 Å². The summed E-state index contributed by atoms with van der Waals surface area (Å²) in [4.78, 5) is 120. The summed E-state index contributed by atoms with van der Waals surface area (Å²) in [5.74, 6) is -3.92. The van der Waals surface area contributed by atoms with Gasteiger partial charge in [0.25, 0.3) is 0 Å². The van der Waals surface area contributed by atoms with Crippen LogP contribution in [0, 0.1) is 5.41 Å². The summed E-state index contributed by atoms with van der Waals surface area (Å²) >= 11 is 0. The lowest BCUT2D eigenvalue weighted by Gasteiger charge is -2.38. The van der Waals surface area contributed by atoms with Crippen LogP contribution in [0.15, 0.2) is 109 Å². The number of para-hydroxylation sites is 1. The molecule has 1 aliphatic heterocycles. The van der Waals surface area contributed by atoms with Gasteiger partial charge in [-0.2, -0.15) is 0 Å². The quantitative estimate of drug-likeness (QED) is 0.0314. The van der Waals surface area contributed by atoms with E-state index >= 15 is 0 Å². The van der Waals surface area contributed by atoms with Gasteiger partial charge in [-0.1, -0.05) is 107 Å². The summed E-state index contributed by atoms with van der Waals surface area (Å²) in [6.45, 7) is 10.5. The maximum Gasteiger partial charge on any atom is 0.411 e. The highest BCUT2D eigenvalue weighted by Gasteiger charge is 2.41. The van der Waals surface area contributed by atoms with Crippen LogP contribution in [-0.4, -0.2) is 115 Å². The molecule has 9 amide bonds. The Morgan fingerprint density at radius 2 is 1.41 bits per heavy atom. The topological polar surface area (TPSA) is 300 Å². The van der Waals surface area contributed by atoms with Crippen LogP contribution in [0.3, 0.4) is 0 Å². The molecule has 1 heterocycles. The van der Waals surface area contributed by atoms with Crippen LogP contribution in [0.2, 0.25) is 0 Å². The number of aryl methyl sites for hydroxylation is 2. The second-order valence-corrected chi connectivity index (χ2v) is 21.3. The number of amides is 9. The number of anilines is 3. The zero-order valence-electron chi connectivity index (χ0n) is 46.8. The van der Waals surface area contributed by atoms with E-state index in [0.29, 0.717) is 29.0 Å². The first kappa shape index (κ1) is 62.3. The molecular weight excluding hydrogens is 1020 g/mol. The average molecular weight is 1100 g/mol. The van der Waals surface area contributed by atoms with E-state index < -0.39 is 77.2 Å². The van der Waals surface area contributed by atoms with Crippen molar-refractivity contribution < 1.29 is 53.0 Å². The molecule has 10 N–H and O–H groups in total. The Morgan fingerprint density at radius 3 is 2.08 bits per heavy atom. The summed E-state index contributed by atoms with van der Waals surface area (Å²) in [7, 11) is 3.17. The molecule has 1 aliphatic rings. The van der Waals surface area contributed by atoms with Crippen LogP contribution in [-0.2, 0) is 69.7 Å². The number of likely N-dealkylation sites (N-methyl/N-ethyl adjacent to an activating group) is 2. The molecule has 3 unspecified atom stereocenters. The zero-order valence-corrected chi connectivity index (χ0v) is 46.8. The van der Waals surface area contributed by atoms with Gasteiger partial charge in [0, 0.05) is 61.0 Å².